The minimum Gasteiger partial charge on any atom is -0.331 e. The largest absolute Gasteiger partial charge is 0.331 e. The lowest BCUT2D eigenvalue weighted by atomic mass is 10.5. The topological polar surface area (TPSA) is 24.9 Å². The van der Waals surface area contributed by atoms with E-state index in [0.717, 1.165) is 15.4 Å². The molecule has 2 aromatic heterocycles. The van der Waals surface area contributed by atoms with Gasteiger partial charge in [0.05, 0.1) is 5.69 Å². The Hall–Kier alpha value is -0.390. The Kier molecular flexibility index (Phi) is 2.43. The van der Waals surface area contributed by atoms with E-state index in [-0.39, 0.29) is 0 Å². The maximum atomic E-state index is 4.21. The van der Waals surface area contributed by atoms with E-state index in [1.807, 2.05) is 16.8 Å². The zero-order chi connectivity index (χ0) is 8.39. The van der Waals surface area contributed by atoms with Crippen LogP contribution in [0.5, 0.6) is 0 Å². The molecule has 0 spiro atoms. The number of anilines is 2. The predicted octanol–water partition coefficient (Wildman–Crippen LogP) is 3.71. The summed E-state index contributed by atoms with van der Waals surface area (Å²) in [7, 11) is 0. The molecule has 0 saturated carbocycles. The second kappa shape index (κ2) is 3.55. The summed E-state index contributed by atoms with van der Waals surface area (Å²) >= 11 is 6.55. The van der Waals surface area contributed by atoms with Crippen LogP contribution in [0.15, 0.2) is 26.8 Å². The predicted molar refractivity (Wildman–Crippen MR) is 57.4 cm³/mol. The molecule has 0 aromatic carbocycles. The Balaban J connectivity index is 2.14. The molecule has 2 heterocycles. The molecule has 2 aromatic rings. The van der Waals surface area contributed by atoms with Crippen molar-refractivity contribution < 1.29 is 0 Å². The average Bonchev–Trinajstić information content (AvgIpc) is 2.63. The van der Waals surface area contributed by atoms with E-state index in [4.69, 9.17) is 0 Å². The van der Waals surface area contributed by atoms with E-state index in [2.05, 4.69) is 31.6 Å². The van der Waals surface area contributed by atoms with Crippen LogP contribution in [0, 0.1) is 0 Å². The zero-order valence-corrected chi connectivity index (χ0v) is 9.17. The first-order chi connectivity index (χ1) is 5.84. The van der Waals surface area contributed by atoms with Crippen molar-refractivity contribution in [3.8, 4) is 0 Å². The Morgan fingerprint density at radius 1 is 1.42 bits per heavy atom. The molecule has 0 amide bonds. The molecule has 0 unspecified atom stereocenters. The van der Waals surface area contributed by atoms with Crippen LogP contribution in [0.4, 0.5) is 10.8 Å². The summed E-state index contributed by atoms with van der Waals surface area (Å²) in [4.78, 5) is 4.21. The SMILES string of the molecule is Brc1csc(Nc2ccsc2)n1. The third kappa shape index (κ3) is 1.85. The Labute approximate surface area is 86.4 Å². The molecule has 0 aliphatic rings. The molecule has 0 aliphatic heterocycles. The quantitative estimate of drug-likeness (QED) is 0.891. The maximum absolute atomic E-state index is 4.21. The van der Waals surface area contributed by atoms with Gasteiger partial charge in [0.1, 0.15) is 4.60 Å². The molecule has 62 valence electrons. The summed E-state index contributed by atoms with van der Waals surface area (Å²) in [6.45, 7) is 0. The van der Waals surface area contributed by atoms with Crippen LogP contribution in [0.1, 0.15) is 0 Å². The molecule has 5 heteroatoms. The highest BCUT2D eigenvalue weighted by molar-refractivity contribution is 9.10. The summed E-state index contributed by atoms with van der Waals surface area (Å²) in [5.41, 5.74) is 1.10. The minimum atomic E-state index is 0.880. The summed E-state index contributed by atoms with van der Waals surface area (Å²) in [5.74, 6) is 0. The van der Waals surface area contributed by atoms with E-state index in [1.54, 1.807) is 22.7 Å². The molecular formula is C7H5BrN2S2. The fraction of sp³-hybridized carbons (Fsp3) is 0. The van der Waals surface area contributed by atoms with Gasteiger partial charge in [-0.15, -0.1) is 11.3 Å². The number of nitrogens with zero attached hydrogens (tertiary/aromatic N) is 1. The summed E-state index contributed by atoms with van der Waals surface area (Å²) in [5, 5.41) is 10.1. The highest BCUT2D eigenvalue weighted by Crippen LogP contribution is 2.24. The van der Waals surface area contributed by atoms with Gasteiger partial charge in [-0.2, -0.15) is 11.3 Å². The summed E-state index contributed by atoms with van der Waals surface area (Å²) in [6.07, 6.45) is 0. The van der Waals surface area contributed by atoms with E-state index in [9.17, 15) is 0 Å². The van der Waals surface area contributed by atoms with Crippen molar-refractivity contribution >= 4 is 49.4 Å². The third-order valence-corrected chi connectivity index (χ3v) is 3.40. The number of rotatable bonds is 2. The minimum absolute atomic E-state index is 0.880. The van der Waals surface area contributed by atoms with Gasteiger partial charge < -0.3 is 5.32 Å². The van der Waals surface area contributed by atoms with Crippen molar-refractivity contribution in [3.63, 3.8) is 0 Å². The second-order valence-electron chi connectivity index (χ2n) is 2.11. The van der Waals surface area contributed by atoms with Gasteiger partial charge in [0.15, 0.2) is 5.13 Å². The first kappa shape index (κ1) is 8.22. The number of hydrogen-bond donors (Lipinski definition) is 1. The van der Waals surface area contributed by atoms with Crippen LogP contribution in [-0.2, 0) is 0 Å². The van der Waals surface area contributed by atoms with Gasteiger partial charge in [0, 0.05) is 10.8 Å². The number of hydrogen-bond acceptors (Lipinski definition) is 4. The molecule has 0 saturated heterocycles. The van der Waals surface area contributed by atoms with Crippen molar-refractivity contribution in [2.75, 3.05) is 5.32 Å². The molecule has 0 fully saturated rings. The van der Waals surface area contributed by atoms with Gasteiger partial charge in [-0.1, -0.05) is 0 Å². The Morgan fingerprint density at radius 2 is 2.33 bits per heavy atom. The highest BCUT2D eigenvalue weighted by atomic mass is 79.9. The van der Waals surface area contributed by atoms with Gasteiger partial charge in [0.2, 0.25) is 0 Å². The van der Waals surface area contributed by atoms with Crippen molar-refractivity contribution in [1.29, 1.82) is 0 Å². The molecule has 0 atom stereocenters. The molecule has 0 bridgehead atoms. The van der Waals surface area contributed by atoms with E-state index >= 15 is 0 Å². The van der Waals surface area contributed by atoms with Crippen LogP contribution < -0.4 is 5.32 Å². The molecule has 2 rings (SSSR count). The number of halogens is 1. The smallest absolute Gasteiger partial charge is 0.188 e. The standard InChI is InChI=1S/C7H5BrN2S2/c8-6-4-12-7(10-6)9-5-1-2-11-3-5/h1-4H,(H,9,10). The lowest BCUT2D eigenvalue weighted by molar-refractivity contribution is 1.35. The van der Waals surface area contributed by atoms with Crippen molar-refractivity contribution in [3.05, 3.63) is 26.8 Å². The number of thiazole rings is 1. The van der Waals surface area contributed by atoms with E-state index in [0.29, 0.717) is 0 Å². The fourth-order valence-corrected chi connectivity index (χ4v) is 2.52. The molecule has 12 heavy (non-hydrogen) atoms. The van der Waals surface area contributed by atoms with Crippen molar-refractivity contribution in [2.24, 2.45) is 0 Å². The van der Waals surface area contributed by atoms with Crippen molar-refractivity contribution in [2.45, 2.75) is 0 Å². The second-order valence-corrected chi connectivity index (χ2v) is 4.56. The first-order valence-electron chi connectivity index (χ1n) is 3.25. The van der Waals surface area contributed by atoms with Gasteiger partial charge >= 0.3 is 0 Å². The number of aromatic nitrogens is 1. The summed E-state index contributed by atoms with van der Waals surface area (Å²) < 4.78 is 0.880. The third-order valence-electron chi connectivity index (χ3n) is 1.25. The van der Waals surface area contributed by atoms with E-state index in [1.165, 1.54) is 0 Å². The Bertz CT molecular complexity index is 355. The van der Waals surface area contributed by atoms with Crippen molar-refractivity contribution in [1.82, 2.24) is 4.98 Å². The van der Waals surface area contributed by atoms with Gasteiger partial charge in [-0.25, -0.2) is 4.98 Å². The number of nitrogens with one attached hydrogen (secondary N) is 1. The number of thiophene rings is 1. The van der Waals surface area contributed by atoms with Gasteiger partial charge in [0.25, 0.3) is 0 Å². The maximum Gasteiger partial charge on any atom is 0.188 e. The molecule has 1 N–H and O–H groups in total. The monoisotopic (exact) mass is 260 g/mol. The molecular weight excluding hydrogens is 256 g/mol. The highest BCUT2D eigenvalue weighted by Gasteiger charge is 1.98. The lowest BCUT2D eigenvalue weighted by Crippen LogP contribution is -1.85. The summed E-state index contributed by atoms with van der Waals surface area (Å²) in [6, 6.07) is 2.03. The van der Waals surface area contributed by atoms with Crippen LogP contribution >= 0.6 is 38.6 Å². The van der Waals surface area contributed by atoms with Crippen LogP contribution in [0.3, 0.4) is 0 Å². The van der Waals surface area contributed by atoms with Gasteiger partial charge in [-0.05, 0) is 27.4 Å². The average molecular weight is 261 g/mol. The van der Waals surface area contributed by atoms with Gasteiger partial charge in [-0.3, -0.25) is 0 Å². The molecule has 2 nitrogen and oxygen atoms in total. The normalized spacial score (nSPS) is 10.1. The zero-order valence-electron chi connectivity index (χ0n) is 5.95. The first-order valence-corrected chi connectivity index (χ1v) is 5.86. The molecule has 0 radical (unpaired) electrons. The molecule has 0 aliphatic carbocycles. The lowest BCUT2D eigenvalue weighted by Gasteiger charge is -1.95. The van der Waals surface area contributed by atoms with E-state index < -0.39 is 0 Å². The van der Waals surface area contributed by atoms with Crippen LogP contribution in [-0.4, -0.2) is 4.98 Å². The Morgan fingerprint density at radius 3 is 2.92 bits per heavy atom. The van der Waals surface area contributed by atoms with Crippen LogP contribution in [0.2, 0.25) is 0 Å². The van der Waals surface area contributed by atoms with Crippen LogP contribution in [0.25, 0.3) is 0 Å². The fourth-order valence-electron chi connectivity index (χ4n) is 0.771.